The van der Waals surface area contributed by atoms with Crippen molar-refractivity contribution in [1.82, 2.24) is 24.8 Å². The van der Waals surface area contributed by atoms with Crippen LogP contribution in [0.15, 0.2) is 6.20 Å². The van der Waals surface area contributed by atoms with Gasteiger partial charge in [0.25, 0.3) is 0 Å². The summed E-state index contributed by atoms with van der Waals surface area (Å²) in [4.78, 5) is 26.8. The van der Waals surface area contributed by atoms with Gasteiger partial charge in [-0.05, 0) is 38.9 Å². The van der Waals surface area contributed by atoms with E-state index in [0.29, 0.717) is 5.92 Å². The number of likely N-dealkylation sites (tertiary alicyclic amines) is 1. The predicted molar refractivity (Wildman–Crippen MR) is 74.8 cm³/mol. The summed E-state index contributed by atoms with van der Waals surface area (Å²) in [5.74, 6) is -0.704. The van der Waals surface area contributed by atoms with E-state index < -0.39 is 5.97 Å². The first kappa shape index (κ1) is 15.4. The summed E-state index contributed by atoms with van der Waals surface area (Å²) >= 11 is 0. The minimum Gasteiger partial charge on any atom is -0.476 e. The molecule has 0 bridgehead atoms. The van der Waals surface area contributed by atoms with Gasteiger partial charge in [-0.3, -0.25) is 4.79 Å². The highest BCUT2D eigenvalue weighted by Crippen LogP contribution is 2.16. The molecule has 0 radical (unpaired) electrons. The number of aromatic nitrogens is 3. The summed E-state index contributed by atoms with van der Waals surface area (Å²) in [5, 5.41) is 15.9. The Kier molecular flexibility index (Phi) is 4.89. The van der Waals surface area contributed by atoms with Gasteiger partial charge in [-0.25, -0.2) is 9.48 Å². The molecule has 0 atom stereocenters. The highest BCUT2D eigenvalue weighted by molar-refractivity contribution is 5.84. The van der Waals surface area contributed by atoms with Crippen LogP contribution in [0.3, 0.4) is 0 Å². The van der Waals surface area contributed by atoms with Gasteiger partial charge in [0, 0.05) is 13.6 Å². The molecule has 1 fully saturated rings. The van der Waals surface area contributed by atoms with E-state index in [9.17, 15) is 9.59 Å². The lowest BCUT2D eigenvalue weighted by Gasteiger charge is -2.31. The zero-order valence-corrected chi connectivity index (χ0v) is 12.4. The fourth-order valence-electron chi connectivity index (χ4n) is 2.47. The van der Waals surface area contributed by atoms with Crippen LogP contribution in [0, 0.1) is 5.92 Å². The number of carboxylic acid groups (broad SMARTS) is 1. The fourth-order valence-corrected chi connectivity index (χ4v) is 2.47. The minimum atomic E-state index is -1.15. The molecule has 8 heteroatoms. The van der Waals surface area contributed by atoms with Gasteiger partial charge in [0.15, 0.2) is 5.69 Å². The molecule has 0 unspecified atom stereocenters. The van der Waals surface area contributed by atoms with E-state index in [2.05, 4.69) is 22.3 Å². The van der Waals surface area contributed by atoms with Crippen LogP contribution in [0.5, 0.6) is 0 Å². The first-order valence-corrected chi connectivity index (χ1v) is 7.01. The van der Waals surface area contributed by atoms with Crippen molar-refractivity contribution >= 4 is 11.9 Å². The van der Waals surface area contributed by atoms with Gasteiger partial charge in [0.1, 0.15) is 6.54 Å². The zero-order valence-electron chi connectivity index (χ0n) is 12.4. The van der Waals surface area contributed by atoms with Crippen molar-refractivity contribution in [2.45, 2.75) is 19.4 Å². The van der Waals surface area contributed by atoms with Crippen molar-refractivity contribution < 1.29 is 14.7 Å². The number of carboxylic acids is 1. The van der Waals surface area contributed by atoms with Crippen LogP contribution in [0.4, 0.5) is 0 Å². The first-order chi connectivity index (χ1) is 9.95. The standard InChI is InChI=1S/C13H21N5O3/c1-16-5-3-10(4-6-16)7-17(2)12(19)9-18-8-11(13(20)21)14-15-18/h8,10H,3-7,9H2,1-2H3,(H,20,21). The maximum absolute atomic E-state index is 12.1. The van der Waals surface area contributed by atoms with Gasteiger partial charge >= 0.3 is 5.97 Å². The molecule has 0 spiro atoms. The van der Waals surface area contributed by atoms with Crippen LogP contribution in [0.25, 0.3) is 0 Å². The summed E-state index contributed by atoms with van der Waals surface area (Å²) in [6, 6.07) is 0. The van der Waals surface area contributed by atoms with E-state index in [1.54, 1.807) is 11.9 Å². The molecule has 0 aliphatic carbocycles. The minimum absolute atomic E-state index is 0.0173. The molecule has 1 saturated heterocycles. The average Bonchev–Trinajstić information content (AvgIpc) is 2.90. The second-order valence-electron chi connectivity index (χ2n) is 5.63. The molecule has 0 aromatic carbocycles. The molecule has 21 heavy (non-hydrogen) atoms. The number of amides is 1. The molecular formula is C13H21N5O3. The number of hydrogen-bond acceptors (Lipinski definition) is 5. The van der Waals surface area contributed by atoms with Gasteiger partial charge in [-0.15, -0.1) is 5.10 Å². The molecule has 8 nitrogen and oxygen atoms in total. The smallest absolute Gasteiger partial charge is 0.358 e. The molecule has 116 valence electrons. The molecular weight excluding hydrogens is 274 g/mol. The molecule has 2 heterocycles. The van der Waals surface area contributed by atoms with Crippen LogP contribution < -0.4 is 0 Å². The SMILES string of the molecule is CN1CCC(CN(C)C(=O)Cn2cc(C(=O)O)nn2)CC1. The maximum atomic E-state index is 12.1. The number of carbonyl (C=O) groups is 2. The van der Waals surface area contributed by atoms with Crippen LogP contribution in [-0.4, -0.2) is 75.5 Å². The summed E-state index contributed by atoms with van der Waals surface area (Å²) < 4.78 is 1.26. The zero-order chi connectivity index (χ0) is 15.4. The van der Waals surface area contributed by atoms with Gasteiger partial charge in [0.05, 0.1) is 6.20 Å². The highest BCUT2D eigenvalue weighted by atomic mass is 16.4. The lowest BCUT2D eigenvalue weighted by molar-refractivity contribution is -0.131. The third kappa shape index (κ3) is 4.25. The van der Waals surface area contributed by atoms with Crippen LogP contribution >= 0.6 is 0 Å². The molecule has 1 aliphatic rings. The second kappa shape index (κ2) is 6.66. The second-order valence-corrected chi connectivity index (χ2v) is 5.63. The lowest BCUT2D eigenvalue weighted by atomic mass is 9.97. The highest BCUT2D eigenvalue weighted by Gasteiger charge is 2.21. The average molecular weight is 295 g/mol. The number of aromatic carboxylic acids is 1. The van der Waals surface area contributed by atoms with Crippen molar-refractivity contribution in [2.24, 2.45) is 5.92 Å². The van der Waals surface area contributed by atoms with Crippen molar-refractivity contribution in [2.75, 3.05) is 33.7 Å². The molecule has 1 amide bonds. The molecule has 1 aromatic heterocycles. The van der Waals surface area contributed by atoms with Crippen LogP contribution in [0.1, 0.15) is 23.3 Å². The number of likely N-dealkylation sites (N-methyl/N-ethyl adjacent to an activating group) is 1. The van der Waals surface area contributed by atoms with Crippen LogP contribution in [-0.2, 0) is 11.3 Å². The number of nitrogens with zero attached hydrogens (tertiary/aromatic N) is 5. The van der Waals surface area contributed by atoms with Gasteiger partial charge in [0.2, 0.25) is 5.91 Å². The van der Waals surface area contributed by atoms with Crippen molar-refractivity contribution in [3.63, 3.8) is 0 Å². The van der Waals surface area contributed by atoms with E-state index in [1.165, 1.54) is 10.9 Å². The molecule has 2 rings (SSSR count). The summed E-state index contributed by atoms with van der Waals surface area (Å²) in [7, 11) is 3.88. The van der Waals surface area contributed by atoms with E-state index in [0.717, 1.165) is 32.5 Å². The number of rotatable bonds is 5. The molecule has 1 N–H and O–H groups in total. The van der Waals surface area contributed by atoms with E-state index in [4.69, 9.17) is 5.11 Å². The van der Waals surface area contributed by atoms with Gasteiger partial charge < -0.3 is 14.9 Å². The Labute approximate surface area is 123 Å². The van der Waals surface area contributed by atoms with Crippen LogP contribution in [0.2, 0.25) is 0 Å². The third-order valence-corrected chi connectivity index (χ3v) is 3.85. The summed E-state index contributed by atoms with van der Waals surface area (Å²) in [5.41, 5.74) is -0.152. The fraction of sp³-hybridized carbons (Fsp3) is 0.692. The Morgan fingerprint density at radius 3 is 2.67 bits per heavy atom. The number of hydrogen-bond donors (Lipinski definition) is 1. The normalized spacial score (nSPS) is 16.9. The monoisotopic (exact) mass is 295 g/mol. The largest absolute Gasteiger partial charge is 0.476 e. The van der Waals surface area contributed by atoms with E-state index in [1.807, 2.05) is 0 Å². The predicted octanol–water partition coefficient (Wildman–Crippen LogP) is -0.223. The van der Waals surface area contributed by atoms with Crippen molar-refractivity contribution in [1.29, 1.82) is 0 Å². The van der Waals surface area contributed by atoms with E-state index >= 15 is 0 Å². The topological polar surface area (TPSA) is 91.6 Å². The molecule has 0 saturated carbocycles. The van der Waals surface area contributed by atoms with E-state index in [-0.39, 0.29) is 18.1 Å². The molecule has 1 aliphatic heterocycles. The Morgan fingerprint density at radius 1 is 1.43 bits per heavy atom. The number of carbonyl (C=O) groups excluding carboxylic acids is 1. The van der Waals surface area contributed by atoms with Gasteiger partial charge in [-0.1, -0.05) is 5.21 Å². The quantitative estimate of drug-likeness (QED) is 0.807. The maximum Gasteiger partial charge on any atom is 0.358 e. The summed E-state index contributed by atoms with van der Waals surface area (Å²) in [6.45, 7) is 2.88. The number of piperidine rings is 1. The van der Waals surface area contributed by atoms with Crippen molar-refractivity contribution in [3.05, 3.63) is 11.9 Å². The molecule has 1 aromatic rings. The first-order valence-electron chi connectivity index (χ1n) is 7.01. The Hall–Kier alpha value is -1.96. The van der Waals surface area contributed by atoms with Gasteiger partial charge in [-0.2, -0.15) is 0 Å². The Balaban J connectivity index is 1.83. The Morgan fingerprint density at radius 2 is 2.10 bits per heavy atom. The summed E-state index contributed by atoms with van der Waals surface area (Å²) in [6.07, 6.45) is 3.46. The van der Waals surface area contributed by atoms with Crippen molar-refractivity contribution in [3.8, 4) is 0 Å². The Bertz CT molecular complexity index is 508. The lowest BCUT2D eigenvalue weighted by Crippen LogP contribution is -2.39. The third-order valence-electron chi connectivity index (χ3n) is 3.85.